The molecule has 0 fully saturated rings. The molecule has 1 amide bonds. The number of nitrogens with one attached hydrogen (secondary N) is 3. The largest absolute Gasteiger partial charge is 0.478 e. The summed E-state index contributed by atoms with van der Waals surface area (Å²) >= 11 is 5.11. The Balaban J connectivity index is 1.98. The lowest BCUT2D eigenvalue weighted by Crippen LogP contribution is -2.33. The highest BCUT2D eigenvalue weighted by molar-refractivity contribution is 7.92. The van der Waals surface area contributed by atoms with Crippen molar-refractivity contribution in [3.63, 3.8) is 0 Å². The maximum absolute atomic E-state index is 12.5. The standard InChI is InChI=1S/C18H23N5O4S2/c1-3-4-5-6-15(24)22-18(28)21-13-7-9-14(10-8-13)29(25,26)23-16-17(27-2)20-12-11-19-16/h7-12H,3-6H2,1-2H3,(H,19,23)(H2,21,22,24,28). The minimum atomic E-state index is -3.89. The molecule has 0 radical (unpaired) electrons. The molecule has 1 aromatic heterocycles. The molecule has 0 saturated carbocycles. The van der Waals surface area contributed by atoms with Gasteiger partial charge in [-0.25, -0.2) is 18.4 Å². The van der Waals surface area contributed by atoms with Crippen molar-refractivity contribution in [1.29, 1.82) is 0 Å². The van der Waals surface area contributed by atoms with Crippen molar-refractivity contribution < 1.29 is 17.9 Å². The molecule has 1 aromatic carbocycles. The minimum absolute atomic E-state index is 0.0100. The van der Waals surface area contributed by atoms with Crippen LogP contribution in [-0.4, -0.2) is 36.5 Å². The summed E-state index contributed by atoms with van der Waals surface area (Å²) in [4.78, 5) is 19.6. The Morgan fingerprint density at radius 2 is 1.83 bits per heavy atom. The predicted octanol–water partition coefficient (Wildman–Crippen LogP) is 2.68. The Bertz CT molecular complexity index is 949. The van der Waals surface area contributed by atoms with E-state index in [0.717, 1.165) is 19.3 Å². The van der Waals surface area contributed by atoms with Crippen LogP contribution < -0.4 is 20.1 Å². The third-order valence-electron chi connectivity index (χ3n) is 3.77. The number of unbranched alkanes of at least 4 members (excludes halogenated alkanes) is 2. The smallest absolute Gasteiger partial charge is 0.263 e. The van der Waals surface area contributed by atoms with E-state index >= 15 is 0 Å². The summed E-state index contributed by atoms with van der Waals surface area (Å²) in [5.41, 5.74) is 0.542. The van der Waals surface area contributed by atoms with Crippen molar-refractivity contribution >= 4 is 44.8 Å². The van der Waals surface area contributed by atoms with E-state index in [1.807, 2.05) is 0 Å². The highest BCUT2D eigenvalue weighted by Crippen LogP contribution is 2.22. The summed E-state index contributed by atoms with van der Waals surface area (Å²) in [6.07, 6.45) is 5.97. The van der Waals surface area contributed by atoms with Gasteiger partial charge in [0.05, 0.1) is 12.0 Å². The molecule has 0 atom stereocenters. The Morgan fingerprint density at radius 1 is 1.14 bits per heavy atom. The van der Waals surface area contributed by atoms with E-state index in [2.05, 4.69) is 32.2 Å². The molecule has 0 bridgehead atoms. The van der Waals surface area contributed by atoms with Crippen molar-refractivity contribution in [3.8, 4) is 5.88 Å². The molecule has 156 valence electrons. The average molecular weight is 438 g/mol. The van der Waals surface area contributed by atoms with Gasteiger partial charge < -0.3 is 15.4 Å². The number of thiocarbonyl (C=S) groups is 1. The number of sulfonamides is 1. The molecule has 9 nitrogen and oxygen atoms in total. The van der Waals surface area contributed by atoms with E-state index in [-0.39, 0.29) is 27.6 Å². The normalized spacial score (nSPS) is 10.8. The van der Waals surface area contributed by atoms with Crippen molar-refractivity contribution in [3.05, 3.63) is 36.7 Å². The van der Waals surface area contributed by atoms with Crippen LogP contribution >= 0.6 is 12.2 Å². The third kappa shape index (κ3) is 6.95. The van der Waals surface area contributed by atoms with E-state index < -0.39 is 10.0 Å². The summed E-state index contributed by atoms with van der Waals surface area (Å²) in [5, 5.41) is 5.61. The molecule has 11 heteroatoms. The Labute approximate surface area is 175 Å². The fourth-order valence-corrected chi connectivity index (χ4v) is 3.57. The van der Waals surface area contributed by atoms with Gasteiger partial charge in [-0.3, -0.25) is 9.52 Å². The number of anilines is 2. The first kappa shape index (κ1) is 22.5. The highest BCUT2D eigenvalue weighted by Gasteiger charge is 2.18. The van der Waals surface area contributed by atoms with Crippen LogP contribution in [0, 0.1) is 0 Å². The van der Waals surface area contributed by atoms with Gasteiger partial charge in [-0.1, -0.05) is 19.8 Å². The lowest BCUT2D eigenvalue weighted by Gasteiger charge is -2.11. The number of benzene rings is 1. The summed E-state index contributed by atoms with van der Waals surface area (Å²) in [6.45, 7) is 2.06. The summed E-state index contributed by atoms with van der Waals surface area (Å²) in [7, 11) is -2.52. The van der Waals surface area contributed by atoms with Crippen molar-refractivity contribution in [1.82, 2.24) is 15.3 Å². The summed E-state index contributed by atoms with van der Waals surface area (Å²) in [6, 6.07) is 5.88. The SMILES string of the molecule is CCCCCC(=O)NC(=S)Nc1ccc(S(=O)(=O)Nc2nccnc2OC)cc1. The number of carbonyl (C=O) groups excluding carboxylic acids is 1. The van der Waals surface area contributed by atoms with Crippen LogP contribution in [0.4, 0.5) is 11.5 Å². The van der Waals surface area contributed by atoms with Gasteiger partial charge in [0.2, 0.25) is 11.7 Å². The van der Waals surface area contributed by atoms with E-state index in [1.54, 1.807) is 0 Å². The van der Waals surface area contributed by atoms with Gasteiger partial charge in [0.15, 0.2) is 5.11 Å². The summed E-state index contributed by atoms with van der Waals surface area (Å²) in [5.74, 6) is -0.101. The number of amides is 1. The number of aromatic nitrogens is 2. The van der Waals surface area contributed by atoms with Crippen molar-refractivity contribution in [2.75, 3.05) is 17.1 Å². The second kappa shape index (κ2) is 10.7. The fourth-order valence-electron chi connectivity index (χ4n) is 2.34. The number of ether oxygens (including phenoxy) is 1. The monoisotopic (exact) mass is 437 g/mol. The number of hydrogen-bond donors (Lipinski definition) is 3. The number of methoxy groups -OCH3 is 1. The van der Waals surface area contributed by atoms with E-state index in [4.69, 9.17) is 17.0 Å². The topological polar surface area (TPSA) is 122 Å². The molecule has 2 rings (SSSR count). The molecular formula is C18H23N5O4S2. The molecule has 3 N–H and O–H groups in total. The fraction of sp³-hybridized carbons (Fsp3) is 0.333. The first-order valence-electron chi connectivity index (χ1n) is 8.94. The first-order valence-corrected chi connectivity index (χ1v) is 10.8. The van der Waals surface area contributed by atoms with Crippen LogP contribution in [0.2, 0.25) is 0 Å². The minimum Gasteiger partial charge on any atom is -0.478 e. The van der Waals surface area contributed by atoms with Crippen LogP contribution in [0.5, 0.6) is 5.88 Å². The number of nitrogens with zero attached hydrogens (tertiary/aromatic N) is 2. The molecule has 0 aliphatic carbocycles. The molecule has 1 heterocycles. The lowest BCUT2D eigenvalue weighted by molar-refractivity contribution is -0.119. The van der Waals surface area contributed by atoms with Gasteiger partial charge >= 0.3 is 0 Å². The molecule has 0 aliphatic heterocycles. The predicted molar refractivity (Wildman–Crippen MR) is 114 cm³/mol. The summed E-state index contributed by atoms with van der Waals surface area (Å²) < 4.78 is 32.4. The van der Waals surface area contributed by atoms with Crippen molar-refractivity contribution in [2.24, 2.45) is 0 Å². The third-order valence-corrected chi connectivity index (χ3v) is 5.33. The lowest BCUT2D eigenvalue weighted by atomic mass is 10.2. The molecule has 0 aliphatic rings. The molecule has 29 heavy (non-hydrogen) atoms. The number of hydrogen-bond acceptors (Lipinski definition) is 7. The van der Waals surface area contributed by atoms with Crippen LogP contribution in [0.1, 0.15) is 32.6 Å². The maximum atomic E-state index is 12.5. The highest BCUT2D eigenvalue weighted by atomic mass is 32.2. The molecular weight excluding hydrogens is 414 g/mol. The molecule has 0 saturated heterocycles. The van der Waals surface area contributed by atoms with E-state index in [9.17, 15) is 13.2 Å². The number of carbonyl (C=O) groups is 1. The van der Waals surface area contributed by atoms with E-state index in [0.29, 0.717) is 12.1 Å². The Hall–Kier alpha value is -2.79. The van der Waals surface area contributed by atoms with Gasteiger partial charge in [0.25, 0.3) is 15.9 Å². The van der Waals surface area contributed by atoms with E-state index in [1.165, 1.54) is 43.8 Å². The van der Waals surface area contributed by atoms with Gasteiger partial charge in [0.1, 0.15) is 0 Å². The first-order chi connectivity index (χ1) is 13.9. The quantitative estimate of drug-likeness (QED) is 0.404. The Kier molecular flexibility index (Phi) is 8.28. The molecule has 0 spiro atoms. The van der Waals surface area contributed by atoms with Gasteiger partial charge in [-0.05, 0) is 42.9 Å². The maximum Gasteiger partial charge on any atom is 0.263 e. The molecule has 2 aromatic rings. The average Bonchev–Trinajstić information content (AvgIpc) is 2.68. The second-order valence-corrected chi connectivity index (χ2v) is 8.09. The molecule has 0 unspecified atom stereocenters. The van der Waals surface area contributed by atoms with Gasteiger partial charge in [0, 0.05) is 24.5 Å². The van der Waals surface area contributed by atoms with Crippen molar-refractivity contribution in [2.45, 2.75) is 37.5 Å². The van der Waals surface area contributed by atoms with Gasteiger partial charge in [-0.15, -0.1) is 0 Å². The van der Waals surface area contributed by atoms with Crippen LogP contribution in [0.3, 0.4) is 0 Å². The number of rotatable bonds is 9. The van der Waals surface area contributed by atoms with Crippen LogP contribution in [0.25, 0.3) is 0 Å². The second-order valence-electron chi connectivity index (χ2n) is 6.00. The van der Waals surface area contributed by atoms with Crippen LogP contribution in [0.15, 0.2) is 41.6 Å². The zero-order valence-electron chi connectivity index (χ0n) is 16.1. The van der Waals surface area contributed by atoms with Gasteiger partial charge in [-0.2, -0.15) is 0 Å². The van der Waals surface area contributed by atoms with Crippen LogP contribution in [-0.2, 0) is 14.8 Å². The Morgan fingerprint density at radius 3 is 2.48 bits per heavy atom. The zero-order chi connectivity index (χ0) is 21.3. The zero-order valence-corrected chi connectivity index (χ0v) is 17.8.